The van der Waals surface area contributed by atoms with E-state index in [1.54, 1.807) is 6.92 Å². The molecule has 6 heteroatoms. The van der Waals surface area contributed by atoms with Crippen molar-refractivity contribution in [1.82, 2.24) is 10.2 Å². The number of hydrogen-bond acceptors (Lipinski definition) is 4. The molecule has 1 aliphatic heterocycles. The van der Waals surface area contributed by atoms with Crippen LogP contribution >= 0.6 is 0 Å². The lowest BCUT2D eigenvalue weighted by Crippen LogP contribution is -2.62. The Bertz CT molecular complexity index is 332. The Labute approximate surface area is 93.6 Å². The molecular weight excluding hydrogens is 212 g/mol. The molecule has 1 rings (SSSR count). The number of carbonyl (C=O) groups excluding carboxylic acids is 3. The van der Waals surface area contributed by atoms with Crippen LogP contribution in [0, 0.1) is 0 Å². The van der Waals surface area contributed by atoms with Crippen molar-refractivity contribution in [3.05, 3.63) is 0 Å². The number of amides is 3. The molecule has 0 saturated carbocycles. The molecule has 1 unspecified atom stereocenters. The van der Waals surface area contributed by atoms with Crippen LogP contribution in [0.5, 0.6) is 0 Å². The van der Waals surface area contributed by atoms with E-state index in [-0.39, 0.29) is 6.54 Å². The van der Waals surface area contributed by atoms with Crippen molar-refractivity contribution in [2.45, 2.75) is 38.8 Å². The number of rotatable bonds is 2. The molecule has 1 saturated heterocycles. The predicted octanol–water partition coefficient (Wildman–Crippen LogP) is -0.979. The van der Waals surface area contributed by atoms with Crippen LogP contribution in [0.15, 0.2) is 0 Å². The van der Waals surface area contributed by atoms with Crippen molar-refractivity contribution in [2.75, 3.05) is 6.54 Å². The highest BCUT2D eigenvalue weighted by molar-refractivity contribution is 6.05. The van der Waals surface area contributed by atoms with Gasteiger partial charge in [-0.1, -0.05) is 6.92 Å². The van der Waals surface area contributed by atoms with E-state index >= 15 is 0 Å². The third kappa shape index (κ3) is 2.38. The minimum absolute atomic E-state index is 0.187. The third-order valence-corrected chi connectivity index (χ3v) is 2.43. The SMILES string of the molecule is CCC1C(=O)NC(=O)CN1C(=O)C(C)(C)O. The Kier molecular flexibility index (Phi) is 3.32. The highest BCUT2D eigenvalue weighted by Gasteiger charge is 2.40. The van der Waals surface area contributed by atoms with Gasteiger partial charge in [-0.3, -0.25) is 19.7 Å². The number of hydrogen-bond donors (Lipinski definition) is 2. The zero-order valence-electron chi connectivity index (χ0n) is 9.61. The summed E-state index contributed by atoms with van der Waals surface area (Å²) in [5.41, 5.74) is -1.58. The summed E-state index contributed by atoms with van der Waals surface area (Å²) in [6.45, 7) is 4.22. The lowest BCUT2D eigenvalue weighted by Gasteiger charge is -2.36. The van der Waals surface area contributed by atoms with E-state index in [0.29, 0.717) is 6.42 Å². The maximum Gasteiger partial charge on any atom is 0.255 e. The lowest BCUT2D eigenvalue weighted by molar-refractivity contribution is -0.159. The molecule has 6 nitrogen and oxygen atoms in total. The van der Waals surface area contributed by atoms with Gasteiger partial charge in [-0.05, 0) is 20.3 Å². The molecule has 90 valence electrons. The van der Waals surface area contributed by atoms with Gasteiger partial charge in [0.1, 0.15) is 18.2 Å². The van der Waals surface area contributed by atoms with Gasteiger partial charge in [0, 0.05) is 0 Å². The van der Waals surface area contributed by atoms with Crippen molar-refractivity contribution in [1.29, 1.82) is 0 Å². The second kappa shape index (κ2) is 4.21. The standard InChI is InChI=1S/C10H16N2O4/c1-4-6-8(14)11-7(13)5-12(6)9(15)10(2,3)16/h6,16H,4-5H2,1-3H3,(H,11,13,14). The largest absolute Gasteiger partial charge is 0.381 e. The van der Waals surface area contributed by atoms with Crippen LogP contribution in [0.3, 0.4) is 0 Å². The van der Waals surface area contributed by atoms with Gasteiger partial charge in [0.25, 0.3) is 5.91 Å². The number of nitrogens with zero attached hydrogens (tertiary/aromatic N) is 1. The van der Waals surface area contributed by atoms with E-state index in [0.717, 1.165) is 4.90 Å². The first-order valence-electron chi connectivity index (χ1n) is 5.14. The second-order valence-corrected chi connectivity index (χ2v) is 4.33. The van der Waals surface area contributed by atoms with Crippen molar-refractivity contribution in [3.63, 3.8) is 0 Å². The average molecular weight is 228 g/mol. The highest BCUT2D eigenvalue weighted by atomic mass is 16.3. The Morgan fingerprint density at radius 2 is 2.12 bits per heavy atom. The van der Waals surface area contributed by atoms with Crippen molar-refractivity contribution in [2.24, 2.45) is 0 Å². The summed E-state index contributed by atoms with van der Waals surface area (Å²) in [6.07, 6.45) is 0.404. The van der Waals surface area contributed by atoms with Crippen LogP contribution < -0.4 is 5.32 Å². The summed E-state index contributed by atoms with van der Waals surface area (Å²) >= 11 is 0. The highest BCUT2D eigenvalue weighted by Crippen LogP contribution is 2.15. The molecule has 0 aromatic carbocycles. The quantitative estimate of drug-likeness (QED) is 0.595. The molecule has 0 bridgehead atoms. The van der Waals surface area contributed by atoms with Crippen LogP contribution in [0.25, 0.3) is 0 Å². The van der Waals surface area contributed by atoms with E-state index in [1.807, 2.05) is 0 Å². The lowest BCUT2D eigenvalue weighted by atomic mass is 10.0. The molecule has 16 heavy (non-hydrogen) atoms. The summed E-state index contributed by atoms with van der Waals surface area (Å²) in [5, 5.41) is 11.8. The van der Waals surface area contributed by atoms with Gasteiger partial charge < -0.3 is 10.0 Å². The predicted molar refractivity (Wildman–Crippen MR) is 55.2 cm³/mol. The molecule has 1 heterocycles. The number of nitrogens with one attached hydrogen (secondary N) is 1. The maximum absolute atomic E-state index is 11.8. The molecule has 1 aliphatic rings. The molecular formula is C10H16N2O4. The molecule has 0 aromatic rings. The number of imide groups is 1. The van der Waals surface area contributed by atoms with Gasteiger partial charge in [0.15, 0.2) is 0 Å². The molecule has 3 amide bonds. The first-order valence-corrected chi connectivity index (χ1v) is 5.14. The molecule has 2 N–H and O–H groups in total. The summed E-state index contributed by atoms with van der Waals surface area (Å²) in [6, 6.07) is -0.684. The topological polar surface area (TPSA) is 86.7 Å². The fraction of sp³-hybridized carbons (Fsp3) is 0.700. The van der Waals surface area contributed by atoms with E-state index < -0.39 is 29.4 Å². The Balaban J connectivity index is 2.95. The smallest absolute Gasteiger partial charge is 0.255 e. The normalized spacial score (nSPS) is 22.0. The minimum Gasteiger partial charge on any atom is -0.381 e. The fourth-order valence-corrected chi connectivity index (χ4v) is 1.64. The van der Waals surface area contributed by atoms with Crippen LogP contribution in [0.1, 0.15) is 27.2 Å². The van der Waals surface area contributed by atoms with Crippen LogP contribution in [0.2, 0.25) is 0 Å². The summed E-state index contributed by atoms with van der Waals surface area (Å²) in [4.78, 5) is 35.6. The first kappa shape index (κ1) is 12.6. The Morgan fingerprint density at radius 3 is 2.56 bits per heavy atom. The zero-order chi connectivity index (χ0) is 12.5. The summed E-state index contributed by atoms with van der Waals surface area (Å²) < 4.78 is 0. The van der Waals surface area contributed by atoms with E-state index in [2.05, 4.69) is 5.32 Å². The Hall–Kier alpha value is -1.43. The van der Waals surface area contributed by atoms with E-state index in [1.165, 1.54) is 13.8 Å². The molecule has 0 aromatic heterocycles. The first-order chi connectivity index (χ1) is 7.27. The van der Waals surface area contributed by atoms with Gasteiger partial charge in [0.2, 0.25) is 11.8 Å². The fourth-order valence-electron chi connectivity index (χ4n) is 1.64. The van der Waals surface area contributed by atoms with Crippen LogP contribution in [-0.2, 0) is 14.4 Å². The molecule has 0 spiro atoms. The van der Waals surface area contributed by atoms with Gasteiger partial charge in [-0.15, -0.1) is 0 Å². The second-order valence-electron chi connectivity index (χ2n) is 4.33. The third-order valence-electron chi connectivity index (χ3n) is 2.43. The summed E-state index contributed by atoms with van der Waals surface area (Å²) in [7, 11) is 0. The van der Waals surface area contributed by atoms with Crippen molar-refractivity contribution < 1.29 is 19.5 Å². The zero-order valence-corrected chi connectivity index (χ0v) is 9.61. The summed E-state index contributed by atoms with van der Waals surface area (Å²) in [5.74, 6) is -1.62. The maximum atomic E-state index is 11.8. The van der Waals surface area contributed by atoms with Crippen LogP contribution in [-0.4, -0.2) is 45.9 Å². The van der Waals surface area contributed by atoms with Crippen molar-refractivity contribution >= 4 is 17.7 Å². The van der Waals surface area contributed by atoms with Gasteiger partial charge in [-0.25, -0.2) is 0 Å². The number of carbonyl (C=O) groups is 3. The minimum atomic E-state index is -1.58. The average Bonchev–Trinajstić information content (AvgIpc) is 2.14. The molecule has 0 radical (unpaired) electrons. The van der Waals surface area contributed by atoms with E-state index in [9.17, 15) is 19.5 Å². The monoisotopic (exact) mass is 228 g/mol. The van der Waals surface area contributed by atoms with Gasteiger partial charge in [0.05, 0.1) is 0 Å². The number of aliphatic hydroxyl groups is 1. The van der Waals surface area contributed by atoms with E-state index in [4.69, 9.17) is 0 Å². The molecule has 1 atom stereocenters. The Morgan fingerprint density at radius 1 is 1.56 bits per heavy atom. The van der Waals surface area contributed by atoms with Crippen LogP contribution in [0.4, 0.5) is 0 Å². The molecule has 1 fully saturated rings. The molecule has 0 aliphatic carbocycles. The van der Waals surface area contributed by atoms with Gasteiger partial charge in [-0.2, -0.15) is 0 Å². The number of piperazine rings is 1. The van der Waals surface area contributed by atoms with Crippen molar-refractivity contribution in [3.8, 4) is 0 Å². The van der Waals surface area contributed by atoms with Gasteiger partial charge >= 0.3 is 0 Å².